The fraction of sp³-hybridized carbons (Fsp3) is 0.965. The van der Waals surface area contributed by atoms with E-state index in [1.165, 1.54) is 208 Å². The molecular formula is C57H122N12O. The lowest BCUT2D eigenvalue weighted by Crippen LogP contribution is -2.50. The Kier molecular flexibility index (Phi) is 37.8. The van der Waals surface area contributed by atoms with E-state index in [1.54, 1.807) is 7.11 Å². The van der Waals surface area contributed by atoms with Gasteiger partial charge in [-0.05, 0) is 178 Å². The van der Waals surface area contributed by atoms with Crippen LogP contribution in [0.1, 0.15) is 106 Å². The number of nitrogens with zero attached hydrogens (tertiary/aromatic N) is 11. The number of hydrogen-bond donors (Lipinski definition) is 1. The summed E-state index contributed by atoms with van der Waals surface area (Å²) in [5.41, 5.74) is 0. The monoisotopic (exact) mass is 991 g/mol. The summed E-state index contributed by atoms with van der Waals surface area (Å²) >= 11 is 0. The van der Waals surface area contributed by atoms with Crippen LogP contribution in [0.3, 0.4) is 0 Å². The summed E-state index contributed by atoms with van der Waals surface area (Å²) in [7, 11) is 14.9. The Labute approximate surface area is 436 Å². The molecule has 1 N–H and O–H groups in total. The van der Waals surface area contributed by atoms with Gasteiger partial charge in [-0.2, -0.15) is 0 Å². The van der Waals surface area contributed by atoms with E-state index in [0.29, 0.717) is 6.04 Å². The first-order chi connectivity index (χ1) is 33.7. The van der Waals surface area contributed by atoms with Crippen molar-refractivity contribution in [2.75, 3.05) is 226 Å². The van der Waals surface area contributed by atoms with Crippen LogP contribution in [0.15, 0.2) is 12.7 Å². The maximum atomic E-state index is 5.04. The van der Waals surface area contributed by atoms with Crippen LogP contribution < -0.4 is 5.32 Å². The second-order valence-electron chi connectivity index (χ2n) is 22.8. The number of ether oxygens (including phenoxy) is 1. The van der Waals surface area contributed by atoms with Gasteiger partial charge in [-0.3, -0.25) is 14.7 Å². The van der Waals surface area contributed by atoms with E-state index in [9.17, 15) is 0 Å². The van der Waals surface area contributed by atoms with Gasteiger partial charge in [0.25, 0.3) is 0 Å². The molecule has 0 aromatic rings. The van der Waals surface area contributed by atoms with Crippen LogP contribution in [0, 0.1) is 11.8 Å². The molecule has 2 saturated carbocycles. The molecule has 13 nitrogen and oxygen atoms in total. The fourth-order valence-corrected chi connectivity index (χ4v) is 10.5. The highest BCUT2D eigenvalue weighted by Crippen LogP contribution is 2.32. The molecule has 8 rings (SSSR count). The Morgan fingerprint density at radius 1 is 0.543 bits per heavy atom. The van der Waals surface area contributed by atoms with Crippen LogP contribution in [0.4, 0.5) is 0 Å². The van der Waals surface area contributed by atoms with Crippen molar-refractivity contribution in [2.24, 2.45) is 11.8 Å². The van der Waals surface area contributed by atoms with Crippen LogP contribution >= 0.6 is 0 Å². The quantitative estimate of drug-likeness (QED) is 0.280. The zero-order valence-corrected chi connectivity index (χ0v) is 49.2. The molecule has 0 radical (unpaired) electrons. The Morgan fingerprint density at radius 3 is 1.49 bits per heavy atom. The minimum Gasteiger partial charge on any atom is -0.383 e. The standard InChI is InChI=1S/C9H18N2.C9H20N2.C9H18N2.C8H18N2.C8H16.C7H16N2O.C7H16N2/c1-10-5-2-6-11(8-7-10)9-3-4-9;1-9(2)11-6-4-5-10(3)7-8-11;1-3-5-11-7-4-6-10(2)8-9-11;1-3-10-6-4-5-9(2)7-8-10;1-3-8-5-4-7(2)6-8;1-9-4-3-8-7(5-9)6-10-2;1-3-9-6-4-8(2)5-7-9/h9H,2-8H2,1H3;9H,4-8H2,1-3H3;3H,1,4-9H2,2H3;3-8H2,1-2H3;7-8H,3-6H2,1-2H3;7-8H,3-6H2,1-2H3;3-7H2,1-2H3/t;;;;7-,8?;;/m....1../s1. The van der Waals surface area contributed by atoms with Crippen molar-refractivity contribution in [3.05, 3.63) is 12.7 Å². The number of nitrogens with one attached hydrogen (secondary N) is 1. The molecule has 13 heteroatoms. The third-order valence-electron chi connectivity index (χ3n) is 16.0. The van der Waals surface area contributed by atoms with Gasteiger partial charge >= 0.3 is 0 Å². The number of piperazine rings is 2. The number of likely N-dealkylation sites (N-methyl/N-ethyl adjacent to an activating group) is 8. The molecule has 0 bridgehead atoms. The maximum Gasteiger partial charge on any atom is 0.0628 e. The van der Waals surface area contributed by atoms with Crippen LogP contribution in [0.2, 0.25) is 0 Å². The molecule has 6 saturated heterocycles. The summed E-state index contributed by atoms with van der Waals surface area (Å²) in [6.07, 6.45) is 16.1. The highest BCUT2D eigenvalue weighted by atomic mass is 16.5. The topological polar surface area (TPSA) is 56.9 Å². The summed E-state index contributed by atoms with van der Waals surface area (Å²) < 4.78 is 5.04. The van der Waals surface area contributed by atoms with Crippen molar-refractivity contribution in [1.29, 1.82) is 0 Å². The lowest BCUT2D eigenvalue weighted by Gasteiger charge is -2.31. The van der Waals surface area contributed by atoms with Crippen LogP contribution in [-0.4, -0.2) is 298 Å². The largest absolute Gasteiger partial charge is 0.383 e. The van der Waals surface area contributed by atoms with Crippen LogP contribution in [0.25, 0.3) is 0 Å². The van der Waals surface area contributed by atoms with Crippen molar-refractivity contribution in [3.8, 4) is 0 Å². The fourth-order valence-electron chi connectivity index (χ4n) is 10.5. The molecule has 0 spiro atoms. The smallest absolute Gasteiger partial charge is 0.0628 e. The molecule has 0 amide bonds. The average molecular weight is 992 g/mol. The van der Waals surface area contributed by atoms with E-state index in [4.69, 9.17) is 4.74 Å². The second kappa shape index (κ2) is 40.5. The van der Waals surface area contributed by atoms with Crippen molar-refractivity contribution in [1.82, 2.24) is 59.2 Å². The minimum atomic E-state index is 0.531. The Bertz CT molecular complexity index is 1180. The van der Waals surface area contributed by atoms with Gasteiger partial charge in [0.05, 0.1) is 6.61 Å². The molecular weight excluding hydrogens is 869 g/mol. The van der Waals surface area contributed by atoms with Crippen LogP contribution in [0.5, 0.6) is 0 Å². The summed E-state index contributed by atoms with van der Waals surface area (Å²) in [4.78, 5) is 27.1. The molecule has 6 aliphatic heterocycles. The molecule has 0 aromatic carbocycles. The van der Waals surface area contributed by atoms with E-state index in [1.807, 2.05) is 6.08 Å². The van der Waals surface area contributed by atoms with Gasteiger partial charge < -0.3 is 49.3 Å². The van der Waals surface area contributed by atoms with E-state index in [0.717, 1.165) is 56.7 Å². The lowest BCUT2D eigenvalue weighted by atomic mass is 10.0. The van der Waals surface area contributed by atoms with Crippen molar-refractivity contribution < 1.29 is 4.74 Å². The molecule has 0 aromatic heterocycles. The Balaban J connectivity index is 0.000000281. The zero-order valence-electron chi connectivity index (χ0n) is 49.2. The highest BCUT2D eigenvalue weighted by molar-refractivity contribution is 4.86. The van der Waals surface area contributed by atoms with Gasteiger partial charge in [-0.1, -0.05) is 53.0 Å². The van der Waals surface area contributed by atoms with Gasteiger partial charge in [0.1, 0.15) is 0 Å². The van der Waals surface area contributed by atoms with Crippen molar-refractivity contribution >= 4 is 0 Å². The number of methoxy groups -OCH3 is 1. The number of rotatable bonds is 9. The molecule has 70 heavy (non-hydrogen) atoms. The van der Waals surface area contributed by atoms with Gasteiger partial charge in [0, 0.05) is 130 Å². The summed E-state index contributed by atoms with van der Waals surface area (Å²) in [5.74, 6) is 2.10. The van der Waals surface area contributed by atoms with E-state index in [-0.39, 0.29) is 0 Å². The third kappa shape index (κ3) is 32.5. The minimum absolute atomic E-state index is 0.531. The first-order valence-electron chi connectivity index (χ1n) is 29.3. The third-order valence-corrected chi connectivity index (χ3v) is 16.0. The lowest BCUT2D eigenvalue weighted by molar-refractivity contribution is 0.127. The summed E-state index contributed by atoms with van der Waals surface area (Å²) in [6.45, 7) is 50.3. The molecule has 416 valence electrons. The van der Waals surface area contributed by atoms with Crippen molar-refractivity contribution in [3.63, 3.8) is 0 Å². The predicted molar refractivity (Wildman–Crippen MR) is 306 cm³/mol. The van der Waals surface area contributed by atoms with Crippen molar-refractivity contribution in [2.45, 2.75) is 124 Å². The Morgan fingerprint density at radius 2 is 1.03 bits per heavy atom. The van der Waals surface area contributed by atoms with Gasteiger partial charge in [0.2, 0.25) is 0 Å². The SMILES string of the molecule is C=CCN1CCCN(C)CC1.CC(C)N1CCCN(C)CC1.CCC1CC[C@@H](C)C1.CCN1CCCN(C)CC1.CCN1CCN(C)CC1.CN1CCCN(C2CC2)CC1.COCC1CN(C)CCN1. The first kappa shape index (κ1) is 65.3. The maximum absolute atomic E-state index is 5.04. The molecule has 6 heterocycles. The summed E-state index contributed by atoms with van der Waals surface area (Å²) in [6, 6.07) is 2.23. The molecule has 2 aliphatic carbocycles. The zero-order chi connectivity index (χ0) is 51.5. The molecule has 8 fully saturated rings. The second-order valence-corrected chi connectivity index (χ2v) is 22.8. The normalized spacial score (nSPS) is 27.3. The van der Waals surface area contributed by atoms with E-state index in [2.05, 4.69) is 150 Å². The van der Waals surface area contributed by atoms with Gasteiger partial charge in [0.15, 0.2) is 0 Å². The number of hydrogen-bond acceptors (Lipinski definition) is 13. The van der Waals surface area contributed by atoms with Gasteiger partial charge in [-0.25, -0.2) is 0 Å². The molecule has 3 atom stereocenters. The average Bonchev–Trinajstić information content (AvgIpc) is 4.21. The predicted octanol–water partition coefficient (Wildman–Crippen LogP) is 5.90. The van der Waals surface area contributed by atoms with E-state index >= 15 is 0 Å². The van der Waals surface area contributed by atoms with Gasteiger partial charge in [-0.15, -0.1) is 6.58 Å². The van der Waals surface area contributed by atoms with E-state index < -0.39 is 0 Å². The molecule has 2 unspecified atom stereocenters. The first-order valence-corrected chi connectivity index (χ1v) is 29.3. The van der Waals surface area contributed by atoms with Crippen LogP contribution in [-0.2, 0) is 4.74 Å². The highest BCUT2D eigenvalue weighted by Gasteiger charge is 2.29. The molecule has 8 aliphatic rings. The Hall–Kier alpha value is -0.780. The summed E-state index contributed by atoms with van der Waals surface area (Å²) in [5, 5.41) is 3.38.